The summed E-state index contributed by atoms with van der Waals surface area (Å²) < 4.78 is 0. The number of rotatable bonds is 2. The second-order valence-electron chi connectivity index (χ2n) is 1.82. The highest BCUT2D eigenvalue weighted by Crippen LogP contribution is 1.76. The first-order chi connectivity index (χ1) is 5.24. The molecule has 0 fully saturated rings. The van der Waals surface area contributed by atoms with Gasteiger partial charge in [-0.15, -0.1) is 0 Å². The van der Waals surface area contributed by atoms with Crippen LogP contribution in [0.2, 0.25) is 0 Å². The van der Waals surface area contributed by atoms with Crippen molar-refractivity contribution >= 4 is 6.29 Å². The fourth-order valence-electron chi connectivity index (χ4n) is 0.560. The predicted molar refractivity (Wildman–Crippen MR) is 35.2 cm³/mol. The van der Waals surface area contributed by atoms with E-state index in [4.69, 9.17) is 0 Å². The number of aromatic amines is 2. The van der Waals surface area contributed by atoms with Crippen LogP contribution in [0, 0.1) is 0 Å². The van der Waals surface area contributed by atoms with Crippen molar-refractivity contribution in [1.29, 1.82) is 0 Å². The van der Waals surface area contributed by atoms with Gasteiger partial charge in [0.2, 0.25) is 0 Å². The summed E-state index contributed by atoms with van der Waals surface area (Å²) in [5, 5.41) is 5.35. The Morgan fingerprint density at radius 2 is 2.09 bits per heavy atom. The first-order valence-electron chi connectivity index (χ1n) is 2.85. The van der Waals surface area contributed by atoms with Gasteiger partial charge >= 0.3 is 11.1 Å². The summed E-state index contributed by atoms with van der Waals surface area (Å²) in [5.41, 5.74) is -1.61. The molecule has 0 spiro atoms. The summed E-state index contributed by atoms with van der Waals surface area (Å²) in [6.45, 7) is 0. The molecule has 0 unspecified atom stereocenters. The van der Waals surface area contributed by atoms with Crippen LogP contribution in [0.15, 0.2) is 9.59 Å². The van der Waals surface area contributed by atoms with Gasteiger partial charge in [-0.3, -0.25) is 9.59 Å². The van der Waals surface area contributed by atoms with Crippen LogP contribution in [0.25, 0.3) is 0 Å². The first-order valence-corrected chi connectivity index (χ1v) is 2.85. The predicted octanol–water partition coefficient (Wildman–Crippen LogP) is -1.80. The Bertz CT molecular complexity index is 364. The number of nitrogens with one attached hydrogen (secondary N) is 2. The summed E-state index contributed by atoms with van der Waals surface area (Å²) >= 11 is 0. The standard InChI is InChI=1S/C5H5N3O3/c9-2-1-3-6-4(10)5(11)8-7-3/h2H,1H2,(H,8,11)(H,6,7,10). The molecule has 0 radical (unpaired) electrons. The molecule has 11 heavy (non-hydrogen) atoms. The smallest absolute Gasteiger partial charge is 0.304 e. The minimum absolute atomic E-state index is 0.00792. The van der Waals surface area contributed by atoms with E-state index in [9.17, 15) is 14.4 Å². The van der Waals surface area contributed by atoms with Gasteiger partial charge in [0, 0.05) is 0 Å². The monoisotopic (exact) mass is 155 g/mol. The van der Waals surface area contributed by atoms with Crippen molar-refractivity contribution < 1.29 is 4.79 Å². The van der Waals surface area contributed by atoms with Crippen molar-refractivity contribution in [2.24, 2.45) is 0 Å². The molecule has 0 amide bonds. The minimum Gasteiger partial charge on any atom is -0.304 e. The number of aldehydes is 1. The summed E-state index contributed by atoms with van der Waals surface area (Å²) in [4.78, 5) is 33.0. The average Bonchev–Trinajstić information content (AvgIpc) is 1.98. The third-order valence-corrected chi connectivity index (χ3v) is 1.03. The molecule has 0 aliphatic heterocycles. The normalized spacial score (nSPS) is 9.45. The second kappa shape index (κ2) is 2.91. The lowest BCUT2D eigenvalue weighted by Crippen LogP contribution is -2.31. The molecule has 6 heteroatoms. The number of hydrogen-bond acceptors (Lipinski definition) is 4. The van der Waals surface area contributed by atoms with Crippen LogP contribution in [0.3, 0.4) is 0 Å². The van der Waals surface area contributed by atoms with Crippen LogP contribution in [0.5, 0.6) is 0 Å². The van der Waals surface area contributed by atoms with Crippen molar-refractivity contribution in [3.63, 3.8) is 0 Å². The molecule has 0 bridgehead atoms. The molecule has 1 aromatic heterocycles. The molecule has 0 saturated heterocycles. The van der Waals surface area contributed by atoms with Gasteiger partial charge in [-0.05, 0) is 0 Å². The molecular weight excluding hydrogens is 150 g/mol. The molecule has 58 valence electrons. The lowest BCUT2D eigenvalue weighted by atomic mass is 10.4. The maximum atomic E-state index is 10.6. The van der Waals surface area contributed by atoms with Crippen molar-refractivity contribution in [1.82, 2.24) is 15.2 Å². The number of nitrogens with zero attached hydrogens (tertiary/aromatic N) is 1. The fourth-order valence-corrected chi connectivity index (χ4v) is 0.560. The van der Waals surface area contributed by atoms with E-state index in [0.717, 1.165) is 0 Å². The Morgan fingerprint density at radius 3 is 2.64 bits per heavy atom. The van der Waals surface area contributed by atoms with Gasteiger partial charge in [-0.25, -0.2) is 5.10 Å². The highest BCUT2D eigenvalue weighted by atomic mass is 16.2. The number of carbonyl (C=O) groups excluding carboxylic acids is 1. The van der Waals surface area contributed by atoms with Crippen molar-refractivity contribution in [2.75, 3.05) is 0 Å². The van der Waals surface area contributed by atoms with Crippen molar-refractivity contribution in [2.45, 2.75) is 6.42 Å². The topological polar surface area (TPSA) is 95.7 Å². The van der Waals surface area contributed by atoms with Crippen LogP contribution < -0.4 is 11.1 Å². The average molecular weight is 155 g/mol. The van der Waals surface area contributed by atoms with E-state index in [-0.39, 0.29) is 12.2 Å². The van der Waals surface area contributed by atoms with Gasteiger partial charge in [-0.1, -0.05) is 0 Å². The Balaban J connectivity index is 3.15. The third kappa shape index (κ3) is 1.60. The molecule has 1 rings (SSSR count). The Hall–Kier alpha value is -1.72. The molecule has 1 aromatic rings. The first kappa shape index (κ1) is 7.39. The lowest BCUT2D eigenvalue weighted by Gasteiger charge is -1.89. The van der Waals surface area contributed by atoms with Gasteiger partial charge < -0.3 is 9.78 Å². The van der Waals surface area contributed by atoms with Gasteiger partial charge in [-0.2, -0.15) is 5.10 Å². The highest BCUT2D eigenvalue weighted by molar-refractivity contribution is 5.52. The second-order valence-corrected chi connectivity index (χ2v) is 1.82. The van der Waals surface area contributed by atoms with Crippen molar-refractivity contribution in [3.8, 4) is 0 Å². The zero-order valence-corrected chi connectivity index (χ0v) is 5.46. The summed E-state index contributed by atoms with van der Waals surface area (Å²) in [7, 11) is 0. The highest BCUT2D eigenvalue weighted by Gasteiger charge is 1.96. The zero-order valence-electron chi connectivity index (χ0n) is 5.46. The van der Waals surface area contributed by atoms with E-state index < -0.39 is 11.1 Å². The van der Waals surface area contributed by atoms with Gasteiger partial charge in [0.05, 0.1) is 6.42 Å². The van der Waals surface area contributed by atoms with Gasteiger partial charge in [0.15, 0.2) is 0 Å². The Labute approximate surface area is 60.3 Å². The number of hydrogen-bond donors (Lipinski definition) is 2. The summed E-state index contributed by atoms with van der Waals surface area (Å²) in [5.74, 6) is 0.157. The van der Waals surface area contributed by atoms with E-state index in [1.807, 2.05) is 5.10 Å². The third-order valence-electron chi connectivity index (χ3n) is 1.03. The van der Waals surface area contributed by atoms with Crippen LogP contribution >= 0.6 is 0 Å². The van der Waals surface area contributed by atoms with E-state index in [2.05, 4.69) is 10.1 Å². The van der Waals surface area contributed by atoms with E-state index in [1.165, 1.54) is 0 Å². The molecular formula is C5H5N3O3. The molecule has 6 nitrogen and oxygen atoms in total. The number of H-pyrrole nitrogens is 2. The largest absolute Gasteiger partial charge is 0.329 e. The van der Waals surface area contributed by atoms with E-state index in [0.29, 0.717) is 6.29 Å². The lowest BCUT2D eigenvalue weighted by molar-refractivity contribution is -0.107. The van der Waals surface area contributed by atoms with Gasteiger partial charge in [0.1, 0.15) is 12.1 Å². The van der Waals surface area contributed by atoms with E-state index in [1.54, 1.807) is 0 Å². The Kier molecular flexibility index (Phi) is 1.95. The molecule has 0 atom stereocenters. The maximum absolute atomic E-state index is 10.6. The van der Waals surface area contributed by atoms with Crippen molar-refractivity contribution in [3.05, 3.63) is 26.5 Å². The summed E-state index contributed by atoms with van der Waals surface area (Å²) in [6, 6.07) is 0. The van der Waals surface area contributed by atoms with E-state index >= 15 is 0 Å². The van der Waals surface area contributed by atoms with Gasteiger partial charge in [0.25, 0.3) is 0 Å². The fraction of sp³-hybridized carbons (Fsp3) is 0.200. The van der Waals surface area contributed by atoms with Crippen LogP contribution in [0.4, 0.5) is 0 Å². The van der Waals surface area contributed by atoms with Crippen LogP contribution in [-0.2, 0) is 11.2 Å². The SMILES string of the molecule is O=CCc1n[nH]c(=O)c(=O)[nH]1. The quantitative estimate of drug-likeness (QED) is 0.389. The molecule has 0 aliphatic carbocycles. The summed E-state index contributed by atoms with van der Waals surface area (Å²) in [6.07, 6.45) is 0.572. The maximum Gasteiger partial charge on any atom is 0.329 e. The molecule has 2 N–H and O–H groups in total. The molecule has 0 saturated carbocycles. The minimum atomic E-state index is -0.820. The molecule has 1 heterocycles. The van der Waals surface area contributed by atoms with Crippen LogP contribution in [-0.4, -0.2) is 21.5 Å². The van der Waals surface area contributed by atoms with Crippen LogP contribution in [0.1, 0.15) is 5.82 Å². The zero-order chi connectivity index (χ0) is 8.27. The number of carbonyl (C=O) groups is 1. The molecule has 0 aromatic carbocycles. The number of aromatic nitrogens is 3. The molecule has 0 aliphatic rings. The Morgan fingerprint density at radius 1 is 1.36 bits per heavy atom.